The molecule has 33 heavy (non-hydrogen) atoms. The van der Waals surface area contributed by atoms with Gasteiger partial charge in [0.1, 0.15) is 0 Å². The molecule has 11 heteroatoms. The summed E-state index contributed by atoms with van der Waals surface area (Å²) in [5.74, 6) is 0.00356. The number of anilines is 1. The van der Waals surface area contributed by atoms with Gasteiger partial charge in [-0.15, -0.1) is 10.2 Å². The number of rotatable bonds is 8. The molecule has 1 amide bonds. The first-order chi connectivity index (χ1) is 15.9. The molecule has 0 spiro atoms. The number of piperidine rings is 1. The maximum atomic E-state index is 12.9. The zero-order valence-electron chi connectivity index (χ0n) is 17.7. The smallest absolute Gasteiger partial charge is 0.230 e. The van der Waals surface area contributed by atoms with Crippen molar-refractivity contribution in [2.24, 2.45) is 5.92 Å². The molecule has 3 aromatic rings. The maximum absolute atomic E-state index is 12.9. The van der Waals surface area contributed by atoms with Gasteiger partial charge in [-0.25, -0.2) is 12.7 Å². The predicted octanol–water partition coefficient (Wildman–Crippen LogP) is 4.66. The zero-order valence-corrected chi connectivity index (χ0v) is 20.9. The van der Waals surface area contributed by atoms with Gasteiger partial charge in [-0.1, -0.05) is 77.2 Å². The standard InChI is InChI=1S/C22H23ClN4O3S3/c23-19-10-8-17(9-11-19)15-33(29,30)27-12-4-7-18(13-27)20(28)24-21-25-26-22(32-21)31-14-16-5-2-1-3-6-16/h1-3,5-6,8-11,18H,4,7,12-15H2,(H,24,25,28). The van der Waals surface area contributed by atoms with Crippen LogP contribution >= 0.6 is 34.7 Å². The number of carbonyl (C=O) groups excluding carboxylic acids is 1. The zero-order chi connectivity index (χ0) is 23.3. The molecule has 174 valence electrons. The van der Waals surface area contributed by atoms with Crippen LogP contribution in [0.2, 0.25) is 5.02 Å². The molecular weight excluding hydrogens is 500 g/mol. The van der Waals surface area contributed by atoms with Crippen LogP contribution in [0.1, 0.15) is 24.0 Å². The van der Waals surface area contributed by atoms with Gasteiger partial charge in [-0.3, -0.25) is 4.79 Å². The third-order valence-corrected chi connectivity index (χ3v) is 9.36. The van der Waals surface area contributed by atoms with Crippen molar-refractivity contribution in [2.75, 3.05) is 18.4 Å². The van der Waals surface area contributed by atoms with Gasteiger partial charge in [0.2, 0.25) is 21.1 Å². The molecule has 1 aromatic heterocycles. The largest absolute Gasteiger partial charge is 0.300 e. The first-order valence-corrected chi connectivity index (χ1v) is 14.2. The Morgan fingerprint density at radius 2 is 1.88 bits per heavy atom. The summed E-state index contributed by atoms with van der Waals surface area (Å²) in [6.45, 7) is 0.578. The normalized spacial score (nSPS) is 17.1. The molecule has 0 radical (unpaired) electrons. The summed E-state index contributed by atoms with van der Waals surface area (Å²) in [6.07, 6.45) is 1.26. The van der Waals surface area contributed by atoms with E-state index in [0.717, 1.165) is 10.1 Å². The Morgan fingerprint density at radius 3 is 2.64 bits per heavy atom. The van der Waals surface area contributed by atoms with Crippen LogP contribution in [0.5, 0.6) is 0 Å². The van der Waals surface area contributed by atoms with Gasteiger partial charge < -0.3 is 5.32 Å². The first kappa shape index (κ1) is 24.2. The predicted molar refractivity (Wildman–Crippen MR) is 133 cm³/mol. The minimum Gasteiger partial charge on any atom is -0.300 e. The van der Waals surface area contributed by atoms with Crippen molar-refractivity contribution in [1.29, 1.82) is 0 Å². The number of benzene rings is 2. The molecule has 1 fully saturated rings. The van der Waals surface area contributed by atoms with Gasteiger partial charge in [0, 0.05) is 23.9 Å². The molecule has 2 heterocycles. The van der Waals surface area contributed by atoms with Crippen molar-refractivity contribution in [3.05, 3.63) is 70.7 Å². The van der Waals surface area contributed by atoms with Crippen LogP contribution in [-0.4, -0.2) is 41.9 Å². The van der Waals surface area contributed by atoms with Crippen LogP contribution in [-0.2, 0) is 26.3 Å². The minimum atomic E-state index is -3.54. The lowest BCUT2D eigenvalue weighted by Gasteiger charge is -2.31. The van der Waals surface area contributed by atoms with Gasteiger partial charge in [-0.2, -0.15) is 0 Å². The summed E-state index contributed by atoms with van der Waals surface area (Å²) in [6, 6.07) is 16.8. The fraction of sp³-hybridized carbons (Fsp3) is 0.318. The van der Waals surface area contributed by atoms with E-state index in [0.29, 0.717) is 35.1 Å². The van der Waals surface area contributed by atoms with Crippen LogP contribution < -0.4 is 5.32 Å². The lowest BCUT2D eigenvalue weighted by atomic mass is 9.99. The molecule has 1 unspecified atom stereocenters. The SMILES string of the molecule is O=C(Nc1nnc(SCc2ccccc2)s1)C1CCCN(S(=O)(=O)Cc2ccc(Cl)cc2)C1. The summed E-state index contributed by atoms with van der Waals surface area (Å²) in [5.41, 5.74) is 1.85. The van der Waals surface area contributed by atoms with Crippen molar-refractivity contribution >= 4 is 55.8 Å². The van der Waals surface area contributed by atoms with Gasteiger partial charge in [0.25, 0.3) is 0 Å². The maximum Gasteiger partial charge on any atom is 0.230 e. The molecule has 1 aliphatic rings. The summed E-state index contributed by atoms with van der Waals surface area (Å²) in [7, 11) is -3.54. The summed E-state index contributed by atoms with van der Waals surface area (Å²) in [5, 5.41) is 12.0. The van der Waals surface area contributed by atoms with E-state index < -0.39 is 15.9 Å². The summed E-state index contributed by atoms with van der Waals surface area (Å²) >= 11 is 8.76. The highest BCUT2D eigenvalue weighted by Gasteiger charge is 2.32. The van der Waals surface area contributed by atoms with Crippen molar-refractivity contribution in [2.45, 2.75) is 28.7 Å². The van der Waals surface area contributed by atoms with Gasteiger partial charge >= 0.3 is 0 Å². The lowest BCUT2D eigenvalue weighted by molar-refractivity contribution is -0.120. The molecule has 0 saturated carbocycles. The number of hydrogen-bond donors (Lipinski definition) is 1. The van der Waals surface area contributed by atoms with E-state index in [2.05, 4.69) is 15.5 Å². The molecule has 1 saturated heterocycles. The highest BCUT2D eigenvalue weighted by atomic mass is 35.5. The molecule has 0 aliphatic carbocycles. The van der Waals surface area contributed by atoms with Crippen LogP contribution in [0.3, 0.4) is 0 Å². The number of carbonyl (C=O) groups is 1. The van der Waals surface area contributed by atoms with E-state index in [4.69, 9.17) is 11.6 Å². The van der Waals surface area contributed by atoms with Crippen molar-refractivity contribution in [3.8, 4) is 0 Å². The summed E-state index contributed by atoms with van der Waals surface area (Å²) in [4.78, 5) is 12.8. The number of sulfonamides is 1. The minimum absolute atomic E-state index is 0.114. The number of thioether (sulfide) groups is 1. The summed E-state index contributed by atoms with van der Waals surface area (Å²) < 4.78 is 28.0. The van der Waals surface area contributed by atoms with E-state index in [1.807, 2.05) is 30.3 Å². The Kier molecular flexibility index (Phi) is 8.02. The Morgan fingerprint density at radius 1 is 1.12 bits per heavy atom. The molecule has 4 rings (SSSR count). The average Bonchev–Trinajstić information content (AvgIpc) is 3.27. The monoisotopic (exact) mass is 522 g/mol. The molecule has 7 nitrogen and oxygen atoms in total. The fourth-order valence-electron chi connectivity index (χ4n) is 3.54. The number of halogens is 1. The highest BCUT2D eigenvalue weighted by Crippen LogP contribution is 2.29. The molecule has 1 N–H and O–H groups in total. The number of nitrogens with zero attached hydrogens (tertiary/aromatic N) is 3. The quantitative estimate of drug-likeness (QED) is 0.341. The van der Waals surface area contributed by atoms with E-state index in [1.165, 1.54) is 21.2 Å². The van der Waals surface area contributed by atoms with E-state index in [9.17, 15) is 13.2 Å². The Hall–Kier alpha value is -1.98. The van der Waals surface area contributed by atoms with E-state index >= 15 is 0 Å². The van der Waals surface area contributed by atoms with E-state index in [-0.39, 0.29) is 18.2 Å². The molecule has 0 bridgehead atoms. The highest BCUT2D eigenvalue weighted by molar-refractivity contribution is 8.00. The number of amides is 1. The van der Waals surface area contributed by atoms with Crippen molar-refractivity contribution < 1.29 is 13.2 Å². The third kappa shape index (κ3) is 6.77. The van der Waals surface area contributed by atoms with Crippen LogP contribution in [0, 0.1) is 5.92 Å². The van der Waals surface area contributed by atoms with Gasteiger partial charge in [0.15, 0.2) is 4.34 Å². The molecule has 2 aromatic carbocycles. The van der Waals surface area contributed by atoms with E-state index in [1.54, 1.807) is 36.0 Å². The second-order valence-corrected chi connectivity index (χ2v) is 12.3. The lowest BCUT2D eigenvalue weighted by Crippen LogP contribution is -2.44. The van der Waals surface area contributed by atoms with Gasteiger partial charge in [0.05, 0.1) is 11.7 Å². The topological polar surface area (TPSA) is 92.3 Å². The Labute approximate surface area is 206 Å². The molecule has 1 aliphatic heterocycles. The van der Waals surface area contributed by atoms with Crippen LogP contribution in [0.4, 0.5) is 5.13 Å². The second-order valence-electron chi connectivity index (χ2n) is 7.72. The van der Waals surface area contributed by atoms with Crippen molar-refractivity contribution in [3.63, 3.8) is 0 Å². The Bertz CT molecular complexity index is 1190. The number of nitrogens with one attached hydrogen (secondary N) is 1. The number of aromatic nitrogens is 2. The van der Waals surface area contributed by atoms with Crippen LogP contribution in [0.25, 0.3) is 0 Å². The van der Waals surface area contributed by atoms with Crippen molar-refractivity contribution in [1.82, 2.24) is 14.5 Å². The third-order valence-electron chi connectivity index (χ3n) is 5.25. The average molecular weight is 523 g/mol. The second kappa shape index (κ2) is 11.0. The number of hydrogen-bond acceptors (Lipinski definition) is 7. The molecular formula is C22H23ClN4O3S3. The molecule has 1 atom stereocenters. The van der Waals surface area contributed by atoms with Gasteiger partial charge in [-0.05, 0) is 36.1 Å². The first-order valence-electron chi connectivity index (χ1n) is 10.4. The Balaban J connectivity index is 1.32. The van der Waals surface area contributed by atoms with Crippen LogP contribution in [0.15, 0.2) is 58.9 Å². The fourth-order valence-corrected chi connectivity index (χ4v) is 6.98.